The van der Waals surface area contributed by atoms with Crippen LogP contribution in [0.5, 0.6) is 0 Å². The third-order valence-corrected chi connectivity index (χ3v) is 5.91. The summed E-state index contributed by atoms with van der Waals surface area (Å²) in [6.45, 7) is 4.51. The number of halogens is 1. The van der Waals surface area contributed by atoms with Gasteiger partial charge in [-0.1, -0.05) is 28.1 Å². The molecule has 2 aliphatic rings. The number of piperazine rings is 1. The van der Waals surface area contributed by atoms with Crippen LogP contribution in [0.1, 0.15) is 18.7 Å². The Bertz CT molecular complexity index is 1150. The lowest BCUT2D eigenvalue weighted by Gasteiger charge is -2.36. The number of nitrogens with zero attached hydrogens (tertiary/aromatic N) is 3. The van der Waals surface area contributed by atoms with E-state index in [9.17, 15) is 4.79 Å². The van der Waals surface area contributed by atoms with E-state index in [2.05, 4.69) is 48.9 Å². The predicted octanol–water partition coefficient (Wildman–Crippen LogP) is 3.78. The van der Waals surface area contributed by atoms with Gasteiger partial charge in [0.05, 0.1) is 6.54 Å². The Morgan fingerprint density at radius 2 is 2.04 bits per heavy atom. The van der Waals surface area contributed by atoms with Crippen molar-refractivity contribution in [3.05, 3.63) is 62.8 Å². The van der Waals surface area contributed by atoms with E-state index in [1.807, 2.05) is 18.2 Å². The minimum atomic E-state index is -0.219. The summed E-state index contributed by atoms with van der Waals surface area (Å²) in [5.41, 5.74) is 2.72. The van der Waals surface area contributed by atoms with Gasteiger partial charge in [0.15, 0.2) is 0 Å². The molecule has 0 atom stereocenters. The van der Waals surface area contributed by atoms with Crippen LogP contribution in [-0.4, -0.2) is 45.9 Å². The number of hydrogen-bond donors (Lipinski definition) is 1. The molecule has 1 fully saturated rings. The van der Waals surface area contributed by atoms with Crippen molar-refractivity contribution in [2.45, 2.75) is 19.4 Å². The highest BCUT2D eigenvalue weighted by Gasteiger charge is 2.20. The summed E-state index contributed by atoms with van der Waals surface area (Å²) in [6, 6.07) is 5.70. The number of nitrogens with one attached hydrogen (secondary N) is 1. The lowest BCUT2D eigenvalue weighted by atomic mass is 10.1. The van der Waals surface area contributed by atoms with E-state index < -0.39 is 0 Å². The third-order valence-electron chi connectivity index (χ3n) is 5.42. The minimum Gasteiger partial charge on any atom is -0.449 e. The van der Waals surface area contributed by atoms with Crippen LogP contribution in [0.4, 0.5) is 0 Å². The average molecular weight is 441 g/mol. The molecule has 2 aromatic heterocycles. The molecule has 0 radical (unpaired) electrons. The first-order valence-electron chi connectivity index (χ1n) is 9.62. The second kappa shape index (κ2) is 7.22. The maximum Gasteiger partial charge on any atom is 0.294 e. The average Bonchev–Trinajstić information content (AvgIpc) is 3.08. The number of furan rings is 1. The minimum absolute atomic E-state index is 0.219. The van der Waals surface area contributed by atoms with Crippen molar-refractivity contribution in [1.29, 1.82) is 0 Å². The molecule has 0 saturated carbocycles. The fourth-order valence-corrected chi connectivity index (χ4v) is 4.32. The molecule has 0 bridgehead atoms. The lowest BCUT2D eigenvalue weighted by Crippen LogP contribution is -2.45. The smallest absolute Gasteiger partial charge is 0.294 e. The van der Waals surface area contributed by atoms with Crippen molar-refractivity contribution in [1.82, 2.24) is 19.8 Å². The third kappa shape index (κ3) is 3.29. The fraction of sp³-hybridized carbons (Fsp3) is 0.333. The molecular weight excluding hydrogens is 420 g/mol. The maximum absolute atomic E-state index is 12.5. The quantitative estimate of drug-likeness (QED) is 0.670. The Morgan fingerprint density at radius 1 is 1.18 bits per heavy atom. The van der Waals surface area contributed by atoms with Crippen molar-refractivity contribution in [2.24, 2.45) is 0 Å². The predicted molar refractivity (Wildman–Crippen MR) is 113 cm³/mol. The summed E-state index contributed by atoms with van der Waals surface area (Å²) in [7, 11) is 0. The Balaban J connectivity index is 1.36. The zero-order chi connectivity index (χ0) is 19.1. The second-order valence-corrected chi connectivity index (χ2v) is 8.22. The van der Waals surface area contributed by atoms with Crippen LogP contribution >= 0.6 is 15.9 Å². The van der Waals surface area contributed by atoms with Crippen molar-refractivity contribution in [3.8, 4) is 0 Å². The topological polar surface area (TPSA) is 65.4 Å². The number of allylic oxidation sites excluding steroid dienone is 3. The summed E-state index contributed by atoms with van der Waals surface area (Å²) in [5, 5.41) is 0.859. The van der Waals surface area contributed by atoms with Crippen molar-refractivity contribution < 1.29 is 4.42 Å². The molecule has 0 spiro atoms. The Hall–Kier alpha value is -2.38. The Labute approximate surface area is 170 Å². The first-order chi connectivity index (χ1) is 13.7. The highest BCUT2D eigenvalue weighted by atomic mass is 79.9. The summed E-state index contributed by atoms with van der Waals surface area (Å²) >= 11 is 3.48. The van der Waals surface area contributed by atoms with Gasteiger partial charge in [0.2, 0.25) is 5.58 Å². The van der Waals surface area contributed by atoms with Gasteiger partial charge in [0.25, 0.3) is 5.56 Å². The van der Waals surface area contributed by atoms with Gasteiger partial charge in [-0.3, -0.25) is 9.69 Å². The van der Waals surface area contributed by atoms with Gasteiger partial charge < -0.3 is 14.3 Å². The second-order valence-electron chi connectivity index (χ2n) is 7.30. The molecule has 3 aromatic rings. The molecule has 7 heteroatoms. The number of fused-ring (bicyclic) bond motifs is 3. The van der Waals surface area contributed by atoms with Gasteiger partial charge in [0.1, 0.15) is 16.9 Å². The molecule has 28 heavy (non-hydrogen) atoms. The van der Waals surface area contributed by atoms with E-state index in [0.29, 0.717) is 23.5 Å². The van der Waals surface area contributed by atoms with Crippen LogP contribution < -0.4 is 5.56 Å². The van der Waals surface area contributed by atoms with Crippen LogP contribution in [0.2, 0.25) is 0 Å². The van der Waals surface area contributed by atoms with E-state index in [-0.39, 0.29) is 11.1 Å². The normalized spacial score (nSPS) is 18.2. The number of benzene rings is 1. The first kappa shape index (κ1) is 17.7. The van der Waals surface area contributed by atoms with Crippen molar-refractivity contribution >= 4 is 38.0 Å². The van der Waals surface area contributed by atoms with E-state index in [0.717, 1.165) is 48.9 Å². The maximum atomic E-state index is 12.5. The van der Waals surface area contributed by atoms with Gasteiger partial charge in [-0.05, 0) is 37.1 Å². The molecule has 1 N–H and O–H groups in total. The summed E-state index contributed by atoms with van der Waals surface area (Å²) < 4.78 is 6.64. The van der Waals surface area contributed by atoms with E-state index >= 15 is 0 Å². The molecule has 0 amide bonds. The lowest BCUT2D eigenvalue weighted by molar-refractivity contribution is 0.152. The number of rotatable bonds is 3. The van der Waals surface area contributed by atoms with Gasteiger partial charge >= 0.3 is 0 Å². The molecule has 144 valence electrons. The Kier molecular flexibility index (Phi) is 4.56. The molecule has 1 aliphatic carbocycles. The number of hydrogen-bond acceptors (Lipinski definition) is 5. The van der Waals surface area contributed by atoms with E-state index in [1.54, 1.807) is 0 Å². The van der Waals surface area contributed by atoms with Crippen LogP contribution in [0.15, 0.2) is 55.8 Å². The van der Waals surface area contributed by atoms with Gasteiger partial charge in [-0.2, -0.15) is 0 Å². The molecule has 1 aliphatic heterocycles. The van der Waals surface area contributed by atoms with E-state index in [4.69, 9.17) is 9.40 Å². The van der Waals surface area contributed by atoms with Gasteiger partial charge in [-0.15, -0.1) is 0 Å². The van der Waals surface area contributed by atoms with Crippen molar-refractivity contribution in [3.63, 3.8) is 0 Å². The van der Waals surface area contributed by atoms with Gasteiger partial charge in [0, 0.05) is 41.7 Å². The van der Waals surface area contributed by atoms with Crippen molar-refractivity contribution in [2.75, 3.05) is 26.2 Å². The monoisotopic (exact) mass is 440 g/mol. The van der Waals surface area contributed by atoms with E-state index in [1.165, 1.54) is 5.70 Å². The molecule has 1 saturated heterocycles. The van der Waals surface area contributed by atoms with Crippen LogP contribution in [0.25, 0.3) is 22.1 Å². The zero-order valence-electron chi connectivity index (χ0n) is 15.4. The SMILES string of the molecule is O=c1[nH]c(CN2CCN(C3=CCCC=C3)CC2)nc2c1oc1ccc(Br)cc12. The largest absolute Gasteiger partial charge is 0.449 e. The Morgan fingerprint density at radius 3 is 2.82 bits per heavy atom. The number of aromatic nitrogens is 2. The van der Waals surface area contributed by atoms with Crippen LogP contribution in [0, 0.1) is 0 Å². The molecular formula is C21H21BrN4O2. The number of H-pyrrole nitrogens is 1. The first-order valence-corrected chi connectivity index (χ1v) is 10.4. The molecule has 5 rings (SSSR count). The molecule has 1 aromatic carbocycles. The molecule has 6 nitrogen and oxygen atoms in total. The standard InChI is InChI=1S/C21H21BrN4O2/c22-14-6-7-17-16(12-14)19-20(28-17)21(27)24-18(23-19)13-25-8-10-26(11-9-25)15-4-2-1-3-5-15/h2,4-7,12H,1,3,8-11,13H2,(H,23,24,27). The summed E-state index contributed by atoms with van der Waals surface area (Å²) in [5.74, 6) is 0.686. The fourth-order valence-electron chi connectivity index (χ4n) is 3.96. The zero-order valence-corrected chi connectivity index (χ0v) is 17.0. The molecule has 3 heterocycles. The molecule has 0 unspecified atom stereocenters. The van der Waals surface area contributed by atoms with Crippen LogP contribution in [0.3, 0.4) is 0 Å². The van der Waals surface area contributed by atoms with Crippen LogP contribution in [-0.2, 0) is 6.54 Å². The summed E-state index contributed by atoms with van der Waals surface area (Å²) in [4.78, 5) is 24.9. The van der Waals surface area contributed by atoms with Gasteiger partial charge in [-0.25, -0.2) is 4.98 Å². The number of aromatic amines is 1. The summed E-state index contributed by atoms with van der Waals surface area (Å²) in [6.07, 6.45) is 9.08. The highest BCUT2D eigenvalue weighted by Crippen LogP contribution is 2.28. The highest BCUT2D eigenvalue weighted by molar-refractivity contribution is 9.10.